The van der Waals surface area contributed by atoms with Crippen LogP contribution in [0.5, 0.6) is 0 Å². The van der Waals surface area contributed by atoms with Gasteiger partial charge >= 0.3 is 6.18 Å². The minimum Gasteiger partial charge on any atom is -0.367 e. The lowest BCUT2D eigenvalue weighted by molar-refractivity contribution is -0.173. The quantitative estimate of drug-likeness (QED) is 0.814. The summed E-state index contributed by atoms with van der Waals surface area (Å²) in [7, 11) is 0. The summed E-state index contributed by atoms with van der Waals surface area (Å²) >= 11 is 1.29. The molecule has 1 N–H and O–H groups in total. The van der Waals surface area contributed by atoms with Crippen molar-refractivity contribution in [1.82, 2.24) is 19.7 Å². The number of carbonyl (C=O) groups is 1. The Morgan fingerprint density at radius 3 is 2.86 bits per heavy atom. The van der Waals surface area contributed by atoms with E-state index < -0.39 is 12.2 Å². The van der Waals surface area contributed by atoms with Crippen LogP contribution >= 0.6 is 11.3 Å². The first kappa shape index (κ1) is 19.2. The Labute approximate surface area is 164 Å². The number of amides is 1. The molecule has 2 aromatic heterocycles. The fourth-order valence-electron chi connectivity index (χ4n) is 4.05. The first-order chi connectivity index (χ1) is 13.3. The number of nitrogens with one attached hydrogen (secondary N) is 1. The molecule has 2 aliphatic heterocycles. The highest BCUT2D eigenvalue weighted by Crippen LogP contribution is 2.42. The van der Waals surface area contributed by atoms with Crippen LogP contribution in [-0.2, 0) is 0 Å². The van der Waals surface area contributed by atoms with Gasteiger partial charge in [0.15, 0.2) is 6.04 Å². The molecule has 3 atom stereocenters. The van der Waals surface area contributed by atoms with Crippen LogP contribution in [0.15, 0.2) is 11.6 Å². The van der Waals surface area contributed by atoms with Crippen molar-refractivity contribution < 1.29 is 18.0 Å². The minimum atomic E-state index is -4.36. The van der Waals surface area contributed by atoms with Crippen LogP contribution in [0.25, 0.3) is 0 Å². The van der Waals surface area contributed by atoms with Gasteiger partial charge in [0.2, 0.25) is 0 Å². The predicted molar refractivity (Wildman–Crippen MR) is 99.5 cm³/mol. The van der Waals surface area contributed by atoms with E-state index in [9.17, 15) is 18.0 Å². The zero-order valence-electron chi connectivity index (χ0n) is 15.7. The number of aromatic nitrogens is 3. The molecule has 0 radical (unpaired) electrons. The lowest BCUT2D eigenvalue weighted by atomic mass is 10.0. The van der Waals surface area contributed by atoms with Crippen molar-refractivity contribution in [3.8, 4) is 0 Å². The summed E-state index contributed by atoms with van der Waals surface area (Å²) in [6.45, 7) is 4.22. The molecule has 152 valence electrons. The molecule has 2 aliphatic rings. The number of likely N-dealkylation sites (tertiary alicyclic amines) is 1. The number of carbonyl (C=O) groups excluding carboxylic acids is 1. The molecule has 6 nitrogen and oxygen atoms in total. The van der Waals surface area contributed by atoms with E-state index in [4.69, 9.17) is 0 Å². The van der Waals surface area contributed by atoms with Gasteiger partial charge in [0.25, 0.3) is 5.91 Å². The normalized spacial score (nSPS) is 24.9. The minimum absolute atomic E-state index is 0.0402. The monoisotopic (exact) mass is 413 g/mol. The fraction of sp³-hybridized carbons (Fsp3) is 0.611. The molecule has 1 amide bonds. The van der Waals surface area contributed by atoms with Crippen molar-refractivity contribution in [1.29, 1.82) is 0 Å². The summed E-state index contributed by atoms with van der Waals surface area (Å²) in [4.78, 5) is 19.4. The Bertz CT molecular complexity index is 877. The van der Waals surface area contributed by atoms with E-state index in [1.165, 1.54) is 11.3 Å². The number of rotatable bonds is 3. The molecule has 1 saturated heterocycles. The molecule has 0 aliphatic carbocycles. The summed E-state index contributed by atoms with van der Waals surface area (Å²) in [6, 6.07) is -0.527. The maximum atomic E-state index is 13.6. The van der Waals surface area contributed by atoms with Crippen molar-refractivity contribution in [2.24, 2.45) is 0 Å². The SMILES string of the molecule is CC[C@@H]1C[C@H](C(F)(F)F)n2nc(C3CCCN3C(=O)c3scnc3C)cc2N1. The van der Waals surface area contributed by atoms with E-state index in [0.29, 0.717) is 41.5 Å². The second-order valence-electron chi connectivity index (χ2n) is 7.37. The Balaban J connectivity index is 1.66. The van der Waals surface area contributed by atoms with Crippen molar-refractivity contribution in [2.45, 2.75) is 63.8 Å². The molecule has 0 spiro atoms. The molecule has 10 heteroatoms. The van der Waals surface area contributed by atoms with Gasteiger partial charge in [-0.3, -0.25) is 4.79 Å². The largest absolute Gasteiger partial charge is 0.410 e. The van der Waals surface area contributed by atoms with Crippen LogP contribution in [0, 0.1) is 6.92 Å². The first-order valence-electron chi connectivity index (χ1n) is 9.43. The number of aryl methyl sites for hydroxylation is 1. The number of hydrogen-bond acceptors (Lipinski definition) is 5. The van der Waals surface area contributed by atoms with Crippen LogP contribution in [-0.4, -0.2) is 44.3 Å². The first-order valence-corrected chi connectivity index (χ1v) is 10.3. The second-order valence-corrected chi connectivity index (χ2v) is 8.22. The van der Waals surface area contributed by atoms with Crippen molar-refractivity contribution >= 4 is 23.1 Å². The van der Waals surface area contributed by atoms with E-state index in [-0.39, 0.29) is 24.4 Å². The van der Waals surface area contributed by atoms with Crippen molar-refractivity contribution in [3.05, 3.63) is 27.8 Å². The van der Waals surface area contributed by atoms with Crippen LogP contribution in [0.3, 0.4) is 0 Å². The Hall–Kier alpha value is -2.10. The van der Waals surface area contributed by atoms with E-state index in [1.807, 2.05) is 6.92 Å². The maximum absolute atomic E-state index is 13.6. The lowest BCUT2D eigenvalue weighted by Crippen LogP contribution is -2.39. The van der Waals surface area contributed by atoms with Crippen LogP contribution in [0.4, 0.5) is 19.0 Å². The van der Waals surface area contributed by atoms with Gasteiger partial charge in [-0.25, -0.2) is 9.67 Å². The smallest absolute Gasteiger partial charge is 0.367 e. The summed E-state index contributed by atoms with van der Waals surface area (Å²) in [6.07, 6.45) is -2.32. The average molecular weight is 413 g/mol. The third-order valence-corrected chi connectivity index (χ3v) is 6.49. The molecular formula is C18H22F3N5OS. The summed E-state index contributed by atoms with van der Waals surface area (Å²) in [5, 5.41) is 7.48. The van der Waals surface area contributed by atoms with Gasteiger partial charge < -0.3 is 10.2 Å². The van der Waals surface area contributed by atoms with Gasteiger partial charge in [0.05, 0.1) is 22.9 Å². The zero-order valence-corrected chi connectivity index (χ0v) is 16.5. The molecular weight excluding hydrogens is 391 g/mol. The van der Waals surface area contributed by atoms with Crippen molar-refractivity contribution in [3.63, 3.8) is 0 Å². The summed E-state index contributed by atoms with van der Waals surface area (Å²) in [5.74, 6) is 0.254. The van der Waals surface area contributed by atoms with Gasteiger partial charge in [0, 0.05) is 18.7 Å². The Kier molecular flexibility index (Phi) is 4.84. The number of hydrogen-bond donors (Lipinski definition) is 1. The van der Waals surface area contributed by atoms with E-state index in [2.05, 4.69) is 15.4 Å². The number of thiazole rings is 1. The maximum Gasteiger partial charge on any atom is 0.410 e. The van der Waals surface area contributed by atoms with Gasteiger partial charge in [0.1, 0.15) is 10.7 Å². The summed E-state index contributed by atoms with van der Waals surface area (Å²) in [5.41, 5.74) is 2.82. The van der Waals surface area contributed by atoms with E-state index >= 15 is 0 Å². The lowest BCUT2D eigenvalue weighted by Gasteiger charge is -2.32. The third-order valence-electron chi connectivity index (χ3n) is 5.58. The Morgan fingerprint density at radius 1 is 1.43 bits per heavy atom. The molecule has 0 bridgehead atoms. The highest BCUT2D eigenvalue weighted by Gasteiger charge is 2.46. The van der Waals surface area contributed by atoms with Gasteiger partial charge in [-0.15, -0.1) is 11.3 Å². The molecule has 2 aromatic rings. The average Bonchev–Trinajstić information content (AvgIpc) is 3.37. The molecule has 4 rings (SSSR count). The molecule has 28 heavy (non-hydrogen) atoms. The highest BCUT2D eigenvalue weighted by molar-refractivity contribution is 7.11. The van der Waals surface area contributed by atoms with Gasteiger partial charge in [-0.1, -0.05) is 6.92 Å². The van der Waals surface area contributed by atoms with Gasteiger partial charge in [-0.2, -0.15) is 18.3 Å². The standard InChI is InChI=1S/C18H22F3N5OS/c1-3-11-7-14(18(19,20)21)26-15(23-11)8-12(24-26)13-5-4-6-25(13)17(27)16-10(2)22-9-28-16/h8-9,11,13-14,23H,3-7H2,1-2H3/t11-,13?,14-/m1/s1. The third kappa shape index (κ3) is 3.27. The molecule has 4 heterocycles. The number of halogens is 3. The molecule has 1 unspecified atom stereocenters. The number of anilines is 1. The van der Waals surface area contributed by atoms with Crippen LogP contribution in [0.2, 0.25) is 0 Å². The van der Waals surface area contributed by atoms with E-state index in [0.717, 1.165) is 11.1 Å². The molecule has 0 saturated carbocycles. The highest BCUT2D eigenvalue weighted by atomic mass is 32.1. The molecule has 1 fully saturated rings. The molecule has 0 aromatic carbocycles. The van der Waals surface area contributed by atoms with Crippen LogP contribution in [0.1, 0.15) is 65.8 Å². The number of alkyl halides is 3. The Morgan fingerprint density at radius 2 is 2.21 bits per heavy atom. The topological polar surface area (TPSA) is 63.1 Å². The van der Waals surface area contributed by atoms with Crippen molar-refractivity contribution in [2.75, 3.05) is 11.9 Å². The fourth-order valence-corrected chi connectivity index (χ4v) is 4.81. The number of fused-ring (bicyclic) bond motifs is 1. The number of nitrogens with zero attached hydrogens (tertiary/aromatic N) is 4. The van der Waals surface area contributed by atoms with Gasteiger partial charge in [-0.05, 0) is 32.6 Å². The second kappa shape index (κ2) is 7.06. The zero-order chi connectivity index (χ0) is 20.1. The summed E-state index contributed by atoms with van der Waals surface area (Å²) < 4.78 is 41.8. The predicted octanol–water partition coefficient (Wildman–Crippen LogP) is 4.32. The van der Waals surface area contributed by atoms with Crippen LogP contribution < -0.4 is 5.32 Å². The van der Waals surface area contributed by atoms with E-state index in [1.54, 1.807) is 23.4 Å².